The van der Waals surface area contributed by atoms with E-state index in [4.69, 9.17) is 5.10 Å². The van der Waals surface area contributed by atoms with E-state index in [0.717, 1.165) is 49.2 Å². The number of rotatable bonds is 5. The monoisotopic (exact) mass is 400 g/mol. The smallest absolute Gasteiger partial charge is 0.272 e. The fraction of sp³-hybridized carbons (Fsp3) is 0.360. The molecule has 0 spiro atoms. The predicted octanol–water partition coefficient (Wildman–Crippen LogP) is 4.20. The Morgan fingerprint density at radius 2 is 1.77 bits per heavy atom. The Kier molecular flexibility index (Phi) is 5.03. The molecule has 1 saturated heterocycles. The highest BCUT2D eigenvalue weighted by Crippen LogP contribution is 2.29. The third-order valence-corrected chi connectivity index (χ3v) is 6.35. The third kappa shape index (κ3) is 3.49. The van der Waals surface area contributed by atoms with Crippen molar-refractivity contribution in [1.82, 2.24) is 15.1 Å². The van der Waals surface area contributed by atoms with Crippen molar-refractivity contribution in [2.75, 3.05) is 18.0 Å². The standard InChI is InChI=1S/C25H28N4O/c1-18-7-2-3-9-22(18)29-23-10-6-8-21(23)24(27-29)25(30)26-17-19-11-13-20(14-12-19)28-15-4-5-16-28/h2-3,7,9,11-14H,4-6,8,10,15-17H2,1H3,(H,26,30). The lowest BCUT2D eigenvalue weighted by molar-refractivity contribution is 0.0944. The number of benzene rings is 2. The maximum absolute atomic E-state index is 13.0. The van der Waals surface area contributed by atoms with Gasteiger partial charge in [-0.3, -0.25) is 4.79 Å². The molecule has 0 unspecified atom stereocenters. The van der Waals surface area contributed by atoms with Crippen LogP contribution in [0.4, 0.5) is 5.69 Å². The molecule has 1 aromatic heterocycles. The van der Waals surface area contributed by atoms with Gasteiger partial charge < -0.3 is 10.2 Å². The zero-order chi connectivity index (χ0) is 20.5. The summed E-state index contributed by atoms with van der Waals surface area (Å²) in [6.45, 7) is 4.89. The second-order valence-corrected chi connectivity index (χ2v) is 8.37. The molecule has 1 fully saturated rings. The Hall–Kier alpha value is -3.08. The number of carbonyl (C=O) groups excluding carboxylic acids is 1. The summed E-state index contributed by atoms with van der Waals surface area (Å²) in [4.78, 5) is 15.4. The number of aryl methyl sites for hydroxylation is 1. The Balaban J connectivity index is 1.32. The zero-order valence-corrected chi connectivity index (χ0v) is 17.5. The van der Waals surface area contributed by atoms with E-state index in [0.29, 0.717) is 12.2 Å². The number of nitrogens with one attached hydrogen (secondary N) is 1. The van der Waals surface area contributed by atoms with E-state index in [-0.39, 0.29) is 5.91 Å². The van der Waals surface area contributed by atoms with Crippen LogP contribution < -0.4 is 10.2 Å². The van der Waals surface area contributed by atoms with Gasteiger partial charge in [-0.15, -0.1) is 0 Å². The van der Waals surface area contributed by atoms with Gasteiger partial charge in [0.2, 0.25) is 0 Å². The first-order valence-corrected chi connectivity index (χ1v) is 11.0. The molecule has 2 heterocycles. The van der Waals surface area contributed by atoms with E-state index in [1.54, 1.807) is 0 Å². The van der Waals surface area contributed by atoms with E-state index in [1.807, 2.05) is 16.8 Å². The van der Waals surface area contributed by atoms with Crippen LogP contribution in [0.15, 0.2) is 48.5 Å². The van der Waals surface area contributed by atoms with Gasteiger partial charge in [0.25, 0.3) is 5.91 Å². The number of aromatic nitrogens is 2. The molecule has 2 aliphatic rings. The molecule has 0 bridgehead atoms. The van der Waals surface area contributed by atoms with Crippen LogP contribution in [0.3, 0.4) is 0 Å². The molecule has 2 aromatic carbocycles. The Morgan fingerprint density at radius 3 is 2.53 bits per heavy atom. The van der Waals surface area contributed by atoms with Gasteiger partial charge in [-0.05, 0) is 68.4 Å². The number of para-hydroxylation sites is 1. The molecule has 30 heavy (non-hydrogen) atoms. The van der Waals surface area contributed by atoms with Gasteiger partial charge >= 0.3 is 0 Å². The van der Waals surface area contributed by atoms with E-state index in [2.05, 4.69) is 53.5 Å². The minimum Gasteiger partial charge on any atom is -0.372 e. The molecule has 0 radical (unpaired) electrons. The lowest BCUT2D eigenvalue weighted by Crippen LogP contribution is -2.24. The van der Waals surface area contributed by atoms with Gasteiger partial charge in [0, 0.05) is 36.6 Å². The fourth-order valence-electron chi connectivity index (χ4n) is 4.69. The molecular weight excluding hydrogens is 372 g/mol. The quantitative estimate of drug-likeness (QED) is 0.698. The first-order valence-electron chi connectivity index (χ1n) is 11.0. The minimum atomic E-state index is -0.0795. The van der Waals surface area contributed by atoms with Crippen LogP contribution >= 0.6 is 0 Å². The van der Waals surface area contributed by atoms with Crippen LogP contribution in [0.1, 0.15) is 52.1 Å². The van der Waals surface area contributed by atoms with E-state index in [1.165, 1.54) is 29.8 Å². The maximum Gasteiger partial charge on any atom is 0.272 e. The van der Waals surface area contributed by atoms with Crippen molar-refractivity contribution in [3.63, 3.8) is 0 Å². The second kappa shape index (κ2) is 7.98. The van der Waals surface area contributed by atoms with Crippen LogP contribution in [-0.2, 0) is 19.4 Å². The summed E-state index contributed by atoms with van der Waals surface area (Å²) >= 11 is 0. The molecule has 5 nitrogen and oxygen atoms in total. The molecule has 1 N–H and O–H groups in total. The van der Waals surface area contributed by atoms with Gasteiger partial charge in [-0.25, -0.2) is 4.68 Å². The van der Waals surface area contributed by atoms with Crippen LogP contribution in [0.5, 0.6) is 0 Å². The van der Waals surface area contributed by atoms with Crippen molar-refractivity contribution in [1.29, 1.82) is 0 Å². The largest absolute Gasteiger partial charge is 0.372 e. The SMILES string of the molecule is Cc1ccccc1-n1nc(C(=O)NCc2ccc(N3CCCC3)cc2)c2c1CCC2. The molecule has 5 rings (SSSR count). The van der Waals surface area contributed by atoms with Gasteiger partial charge in [0.1, 0.15) is 0 Å². The maximum atomic E-state index is 13.0. The van der Waals surface area contributed by atoms with Gasteiger partial charge in [-0.1, -0.05) is 30.3 Å². The molecule has 1 amide bonds. The third-order valence-electron chi connectivity index (χ3n) is 6.35. The number of anilines is 1. The molecule has 1 aliphatic carbocycles. The number of hydrogen-bond donors (Lipinski definition) is 1. The van der Waals surface area contributed by atoms with Crippen LogP contribution in [0, 0.1) is 6.92 Å². The van der Waals surface area contributed by atoms with Crippen molar-refractivity contribution in [3.8, 4) is 5.69 Å². The van der Waals surface area contributed by atoms with Gasteiger partial charge in [0.05, 0.1) is 5.69 Å². The Bertz CT molecular complexity index is 1060. The molecule has 1 aliphatic heterocycles. The predicted molar refractivity (Wildman–Crippen MR) is 119 cm³/mol. The van der Waals surface area contributed by atoms with Crippen molar-refractivity contribution in [2.24, 2.45) is 0 Å². The minimum absolute atomic E-state index is 0.0795. The number of fused-ring (bicyclic) bond motifs is 1. The van der Waals surface area contributed by atoms with E-state index in [9.17, 15) is 4.79 Å². The summed E-state index contributed by atoms with van der Waals surface area (Å²) in [5.41, 5.74) is 7.49. The summed E-state index contributed by atoms with van der Waals surface area (Å²) in [5.74, 6) is -0.0795. The Morgan fingerprint density at radius 1 is 1.00 bits per heavy atom. The molecule has 0 saturated carbocycles. The van der Waals surface area contributed by atoms with Gasteiger partial charge in [-0.2, -0.15) is 5.10 Å². The summed E-state index contributed by atoms with van der Waals surface area (Å²) in [6.07, 6.45) is 5.53. The summed E-state index contributed by atoms with van der Waals surface area (Å²) in [5, 5.41) is 7.82. The summed E-state index contributed by atoms with van der Waals surface area (Å²) < 4.78 is 1.98. The first-order chi connectivity index (χ1) is 14.7. The molecule has 5 heteroatoms. The number of amides is 1. The van der Waals surface area contributed by atoms with Crippen LogP contribution in [0.25, 0.3) is 5.69 Å². The highest BCUT2D eigenvalue weighted by molar-refractivity contribution is 5.94. The number of hydrogen-bond acceptors (Lipinski definition) is 3. The average Bonchev–Trinajstić information content (AvgIpc) is 3.51. The molecule has 3 aromatic rings. The van der Waals surface area contributed by atoms with Crippen LogP contribution in [-0.4, -0.2) is 28.8 Å². The average molecular weight is 401 g/mol. The van der Waals surface area contributed by atoms with Crippen molar-refractivity contribution >= 4 is 11.6 Å². The summed E-state index contributed by atoms with van der Waals surface area (Å²) in [6, 6.07) is 16.8. The van der Waals surface area contributed by atoms with E-state index >= 15 is 0 Å². The van der Waals surface area contributed by atoms with Crippen molar-refractivity contribution < 1.29 is 4.79 Å². The molecule has 154 valence electrons. The lowest BCUT2D eigenvalue weighted by Gasteiger charge is -2.17. The topological polar surface area (TPSA) is 50.2 Å². The lowest BCUT2D eigenvalue weighted by atomic mass is 10.1. The zero-order valence-electron chi connectivity index (χ0n) is 17.5. The summed E-state index contributed by atoms with van der Waals surface area (Å²) in [7, 11) is 0. The van der Waals surface area contributed by atoms with Crippen LogP contribution in [0.2, 0.25) is 0 Å². The fourth-order valence-corrected chi connectivity index (χ4v) is 4.69. The van der Waals surface area contributed by atoms with Crippen molar-refractivity contribution in [3.05, 3.63) is 76.6 Å². The highest BCUT2D eigenvalue weighted by Gasteiger charge is 2.27. The molecule has 0 atom stereocenters. The van der Waals surface area contributed by atoms with Crippen molar-refractivity contribution in [2.45, 2.75) is 45.6 Å². The van der Waals surface area contributed by atoms with Gasteiger partial charge in [0.15, 0.2) is 5.69 Å². The normalized spacial score (nSPS) is 15.4. The first kappa shape index (κ1) is 18.9. The number of carbonyl (C=O) groups is 1. The molecular formula is C25H28N4O. The Labute approximate surface area is 177 Å². The van der Waals surface area contributed by atoms with E-state index < -0.39 is 0 Å². The number of nitrogens with zero attached hydrogens (tertiary/aromatic N) is 3. The highest BCUT2D eigenvalue weighted by atomic mass is 16.1. The second-order valence-electron chi connectivity index (χ2n) is 8.37.